The lowest BCUT2D eigenvalue weighted by atomic mass is 10.4. The van der Waals surface area contributed by atoms with Crippen LogP contribution in [0.1, 0.15) is 19.8 Å². The highest BCUT2D eigenvalue weighted by Gasteiger charge is 2.05. The second kappa shape index (κ2) is 4.49. The van der Waals surface area contributed by atoms with Gasteiger partial charge in [-0.05, 0) is 6.42 Å². The lowest BCUT2D eigenvalue weighted by Gasteiger charge is -1.95. The molecule has 9 heavy (non-hydrogen) atoms. The second-order valence-corrected chi connectivity index (χ2v) is 5.89. The number of rotatable bonds is 4. The van der Waals surface area contributed by atoms with Gasteiger partial charge in [-0.3, -0.25) is 0 Å². The van der Waals surface area contributed by atoms with Crippen LogP contribution in [0.2, 0.25) is 0 Å². The van der Waals surface area contributed by atoms with Crippen LogP contribution in [-0.2, 0) is 9.84 Å². The van der Waals surface area contributed by atoms with Crippen LogP contribution in [0.4, 0.5) is 0 Å². The van der Waals surface area contributed by atoms with Gasteiger partial charge in [0.05, 0.1) is 5.75 Å². The molecule has 0 aromatic heterocycles. The molecule has 0 heterocycles. The van der Waals surface area contributed by atoms with Crippen molar-refractivity contribution in [2.24, 2.45) is 0 Å². The van der Waals surface area contributed by atoms with Gasteiger partial charge in [-0.2, -0.15) is 0 Å². The number of hydrogen-bond acceptors (Lipinski definition) is 2. The van der Waals surface area contributed by atoms with Gasteiger partial charge < -0.3 is 0 Å². The minimum absolute atomic E-state index is 0.255. The molecule has 0 atom stereocenters. The van der Waals surface area contributed by atoms with Gasteiger partial charge >= 0.3 is 0 Å². The summed E-state index contributed by atoms with van der Waals surface area (Å²) in [7, 11) is -2.69. The number of unbranched alkanes of at least 4 members (excludes halogenated alkanes) is 1. The van der Waals surface area contributed by atoms with Gasteiger partial charge in [-0.1, -0.05) is 35.9 Å². The van der Waals surface area contributed by atoms with Crippen molar-refractivity contribution < 1.29 is 8.42 Å². The largest absolute Gasteiger partial charge is 0.228 e. The number of halogens is 1. The minimum Gasteiger partial charge on any atom is -0.228 e. The van der Waals surface area contributed by atoms with Gasteiger partial charge in [-0.15, -0.1) is 0 Å². The van der Waals surface area contributed by atoms with Crippen molar-refractivity contribution in [2.75, 3.05) is 9.51 Å². The SMILES string of the molecule is CCCCS(=O)(=O)CI. The Labute approximate surface area is 70.1 Å². The first kappa shape index (κ1) is 9.68. The van der Waals surface area contributed by atoms with E-state index in [4.69, 9.17) is 0 Å². The van der Waals surface area contributed by atoms with Crippen molar-refractivity contribution >= 4 is 32.4 Å². The standard InChI is InChI=1S/C5H11IO2S/c1-2-3-4-9(7,8)5-6/h2-5H2,1H3. The fourth-order valence-electron chi connectivity index (χ4n) is 0.419. The van der Waals surface area contributed by atoms with E-state index >= 15 is 0 Å². The van der Waals surface area contributed by atoms with Gasteiger partial charge in [0, 0.05) is 0 Å². The summed E-state index contributed by atoms with van der Waals surface area (Å²) in [6.07, 6.45) is 1.75. The molecule has 0 spiro atoms. The van der Waals surface area contributed by atoms with Gasteiger partial charge in [0.1, 0.15) is 3.76 Å². The van der Waals surface area contributed by atoms with E-state index in [9.17, 15) is 8.42 Å². The average molecular weight is 262 g/mol. The molecule has 0 unspecified atom stereocenters. The first-order chi connectivity index (χ1) is 4.12. The Morgan fingerprint density at radius 3 is 2.33 bits per heavy atom. The zero-order valence-corrected chi connectivity index (χ0v) is 8.41. The molecule has 0 aliphatic heterocycles. The number of sulfone groups is 1. The summed E-state index contributed by atoms with van der Waals surface area (Å²) < 4.78 is 21.8. The van der Waals surface area contributed by atoms with Crippen LogP contribution in [0.15, 0.2) is 0 Å². The van der Waals surface area contributed by atoms with Gasteiger partial charge in [0.25, 0.3) is 0 Å². The lowest BCUT2D eigenvalue weighted by Crippen LogP contribution is -2.05. The maximum atomic E-state index is 10.8. The maximum absolute atomic E-state index is 10.8. The average Bonchev–Trinajstić information content (AvgIpc) is 1.84. The highest BCUT2D eigenvalue weighted by molar-refractivity contribution is 14.1. The van der Waals surface area contributed by atoms with Crippen molar-refractivity contribution in [2.45, 2.75) is 19.8 Å². The molecule has 0 aromatic rings. The van der Waals surface area contributed by atoms with Crippen LogP contribution < -0.4 is 0 Å². The number of hydrogen-bond donors (Lipinski definition) is 0. The summed E-state index contributed by atoms with van der Waals surface area (Å²) in [6, 6.07) is 0. The van der Waals surface area contributed by atoms with E-state index < -0.39 is 9.84 Å². The van der Waals surface area contributed by atoms with Crippen molar-refractivity contribution in [1.29, 1.82) is 0 Å². The van der Waals surface area contributed by atoms with E-state index in [0.29, 0.717) is 5.75 Å². The predicted octanol–water partition coefficient (Wildman–Crippen LogP) is 1.59. The summed E-state index contributed by atoms with van der Waals surface area (Å²) in [5.74, 6) is 0.354. The molecule has 0 saturated carbocycles. The van der Waals surface area contributed by atoms with Crippen LogP contribution in [0, 0.1) is 0 Å². The van der Waals surface area contributed by atoms with Crippen molar-refractivity contribution in [3.05, 3.63) is 0 Å². The maximum Gasteiger partial charge on any atom is 0.159 e. The fourth-order valence-corrected chi connectivity index (χ4v) is 2.19. The highest BCUT2D eigenvalue weighted by atomic mass is 127. The Hall–Kier alpha value is 0.680. The third-order valence-electron chi connectivity index (χ3n) is 0.975. The van der Waals surface area contributed by atoms with E-state index in [-0.39, 0.29) is 3.76 Å². The molecule has 0 rings (SSSR count). The van der Waals surface area contributed by atoms with E-state index in [1.807, 2.05) is 29.5 Å². The normalized spacial score (nSPS) is 11.8. The molecule has 2 nitrogen and oxygen atoms in total. The first-order valence-electron chi connectivity index (χ1n) is 2.89. The molecule has 0 aliphatic carbocycles. The molecule has 0 bridgehead atoms. The highest BCUT2D eigenvalue weighted by Crippen LogP contribution is 2.00. The van der Waals surface area contributed by atoms with Gasteiger partial charge in [0.2, 0.25) is 0 Å². The van der Waals surface area contributed by atoms with Crippen molar-refractivity contribution in [3.63, 3.8) is 0 Å². The fraction of sp³-hybridized carbons (Fsp3) is 1.00. The van der Waals surface area contributed by atoms with Gasteiger partial charge in [0.15, 0.2) is 9.84 Å². The Kier molecular flexibility index (Phi) is 4.83. The Morgan fingerprint density at radius 1 is 1.44 bits per heavy atom. The molecule has 4 heteroatoms. The van der Waals surface area contributed by atoms with Crippen LogP contribution in [0.3, 0.4) is 0 Å². The topological polar surface area (TPSA) is 34.1 Å². The van der Waals surface area contributed by atoms with E-state index in [0.717, 1.165) is 12.8 Å². The zero-order valence-electron chi connectivity index (χ0n) is 5.43. The Bertz CT molecular complexity index is 150. The minimum atomic E-state index is -2.69. The summed E-state index contributed by atoms with van der Waals surface area (Å²) in [5, 5.41) is 0. The third-order valence-corrected chi connectivity index (χ3v) is 5.07. The zero-order chi connectivity index (χ0) is 7.33. The summed E-state index contributed by atoms with van der Waals surface area (Å²) in [5.41, 5.74) is 0. The Morgan fingerprint density at radius 2 is 2.00 bits per heavy atom. The van der Waals surface area contributed by atoms with Crippen LogP contribution in [0.5, 0.6) is 0 Å². The number of alkyl halides is 1. The lowest BCUT2D eigenvalue weighted by molar-refractivity contribution is 0.598. The molecule has 0 radical (unpaired) electrons. The van der Waals surface area contributed by atoms with Crippen LogP contribution >= 0.6 is 22.6 Å². The molecule has 0 fully saturated rings. The van der Waals surface area contributed by atoms with Crippen molar-refractivity contribution in [1.82, 2.24) is 0 Å². The molecule has 0 amide bonds. The molecule has 0 aliphatic rings. The summed E-state index contributed by atoms with van der Waals surface area (Å²) in [4.78, 5) is 0. The molecule has 0 aromatic carbocycles. The van der Waals surface area contributed by atoms with Crippen LogP contribution in [0.25, 0.3) is 0 Å². The van der Waals surface area contributed by atoms with Crippen LogP contribution in [-0.4, -0.2) is 17.9 Å². The second-order valence-electron chi connectivity index (χ2n) is 1.91. The van der Waals surface area contributed by atoms with E-state index in [2.05, 4.69) is 0 Å². The molecular formula is C5H11IO2S. The monoisotopic (exact) mass is 262 g/mol. The first-order valence-corrected chi connectivity index (χ1v) is 6.23. The predicted molar refractivity (Wildman–Crippen MR) is 47.6 cm³/mol. The van der Waals surface area contributed by atoms with E-state index in [1.54, 1.807) is 0 Å². The van der Waals surface area contributed by atoms with Gasteiger partial charge in [-0.25, -0.2) is 8.42 Å². The van der Waals surface area contributed by atoms with Crippen molar-refractivity contribution in [3.8, 4) is 0 Å². The molecule has 56 valence electrons. The summed E-state index contributed by atoms with van der Waals surface area (Å²) in [6.45, 7) is 1.99. The van der Waals surface area contributed by atoms with E-state index in [1.165, 1.54) is 0 Å². The smallest absolute Gasteiger partial charge is 0.159 e. The third kappa shape index (κ3) is 5.14. The Balaban J connectivity index is 3.61. The summed E-state index contributed by atoms with van der Waals surface area (Å²) >= 11 is 1.88. The molecule has 0 N–H and O–H groups in total. The quantitative estimate of drug-likeness (QED) is 0.569. The molecular weight excluding hydrogens is 251 g/mol. The molecule has 0 saturated heterocycles.